The quantitative estimate of drug-likeness (QED) is 0.320. The lowest BCUT2D eigenvalue weighted by atomic mass is 9.97. The molecule has 9 heavy (non-hydrogen) atoms. The van der Waals surface area contributed by atoms with Gasteiger partial charge in [-0.2, -0.15) is 0 Å². The van der Waals surface area contributed by atoms with Gasteiger partial charge in [-0.05, 0) is 0 Å². The first-order valence-corrected chi connectivity index (χ1v) is 2.54. The molecule has 0 amide bonds. The molecule has 4 nitrogen and oxygen atoms in total. The summed E-state index contributed by atoms with van der Waals surface area (Å²) in [6.45, 7) is 3.69. The van der Waals surface area contributed by atoms with Gasteiger partial charge in [0.1, 0.15) is 0 Å². The van der Waals surface area contributed by atoms with Gasteiger partial charge in [0.05, 0.1) is 13.2 Å². The van der Waals surface area contributed by atoms with Gasteiger partial charge < -0.3 is 10.2 Å². The highest BCUT2D eigenvalue weighted by Crippen LogP contribution is 2.10. The van der Waals surface area contributed by atoms with E-state index in [0.29, 0.717) is 0 Å². The highest BCUT2D eigenvalue weighted by atomic mass is 17.0. The van der Waals surface area contributed by atoms with Crippen molar-refractivity contribution in [3.05, 3.63) is 0 Å². The Hall–Kier alpha value is -0.160. The van der Waals surface area contributed by atoms with Gasteiger partial charge in [-0.1, -0.05) is 13.8 Å². The molecule has 0 saturated heterocycles. The van der Waals surface area contributed by atoms with Crippen LogP contribution in [0.2, 0.25) is 0 Å². The fourth-order valence-corrected chi connectivity index (χ4v) is 0.0500. The lowest BCUT2D eigenvalue weighted by molar-refractivity contribution is -0.176. The van der Waals surface area contributed by atoms with Gasteiger partial charge in [0.2, 0.25) is 0 Å². The SMILES string of the molecule is CC(C)(CO)CO.OO. The molecule has 58 valence electrons. The van der Waals surface area contributed by atoms with Gasteiger partial charge in [0.15, 0.2) is 0 Å². The number of rotatable bonds is 2. The molecule has 0 aliphatic carbocycles. The molecular formula is C5H14O4. The summed E-state index contributed by atoms with van der Waals surface area (Å²) in [4.78, 5) is 0. The number of hydrogen-bond acceptors (Lipinski definition) is 4. The van der Waals surface area contributed by atoms with Gasteiger partial charge in [-0.3, -0.25) is 10.5 Å². The highest BCUT2D eigenvalue weighted by Gasteiger charge is 2.13. The normalized spacial score (nSPS) is 10.0. The zero-order valence-corrected chi connectivity index (χ0v) is 5.70. The molecule has 0 atom stereocenters. The van der Waals surface area contributed by atoms with E-state index in [1.807, 2.05) is 0 Å². The molecular weight excluding hydrogens is 124 g/mol. The van der Waals surface area contributed by atoms with Crippen molar-refractivity contribution >= 4 is 0 Å². The zero-order valence-electron chi connectivity index (χ0n) is 5.70. The lowest BCUT2D eigenvalue weighted by Crippen LogP contribution is -2.20. The van der Waals surface area contributed by atoms with Crippen LogP contribution in [0.25, 0.3) is 0 Å². The van der Waals surface area contributed by atoms with E-state index in [4.69, 9.17) is 20.7 Å². The van der Waals surface area contributed by atoms with Crippen LogP contribution in [-0.4, -0.2) is 33.9 Å². The standard InChI is InChI=1S/C5H12O2.H2O2/c1-5(2,3-6)4-7;1-2/h6-7H,3-4H2,1-2H3;1-2H. The van der Waals surface area contributed by atoms with Crippen LogP contribution in [0.3, 0.4) is 0 Å². The van der Waals surface area contributed by atoms with E-state index >= 15 is 0 Å². The summed E-state index contributed by atoms with van der Waals surface area (Å²) >= 11 is 0. The van der Waals surface area contributed by atoms with Gasteiger partial charge in [-0.15, -0.1) is 0 Å². The van der Waals surface area contributed by atoms with Crippen molar-refractivity contribution in [1.82, 2.24) is 0 Å². The molecule has 0 aromatic carbocycles. The molecule has 0 aliphatic heterocycles. The fraction of sp³-hybridized carbons (Fsp3) is 1.00. The Bertz CT molecular complexity index is 46.9. The van der Waals surface area contributed by atoms with E-state index in [1.165, 1.54) is 0 Å². The Kier molecular flexibility index (Phi) is 7.70. The number of aliphatic hydroxyl groups excluding tert-OH is 2. The largest absolute Gasteiger partial charge is 0.396 e. The van der Waals surface area contributed by atoms with Crippen LogP contribution in [-0.2, 0) is 0 Å². The second-order valence-electron chi connectivity index (χ2n) is 2.48. The Labute approximate surface area is 54.3 Å². The van der Waals surface area contributed by atoms with Crippen molar-refractivity contribution in [2.75, 3.05) is 13.2 Å². The van der Waals surface area contributed by atoms with Crippen LogP contribution in [0.4, 0.5) is 0 Å². The molecule has 0 radical (unpaired) electrons. The maximum atomic E-state index is 8.43. The van der Waals surface area contributed by atoms with Crippen molar-refractivity contribution in [1.29, 1.82) is 0 Å². The Morgan fingerprint density at radius 1 is 1.00 bits per heavy atom. The molecule has 0 aliphatic rings. The smallest absolute Gasteiger partial charge is 0.0504 e. The summed E-state index contributed by atoms with van der Waals surface area (Å²) in [5.41, 5.74) is -0.306. The molecule has 0 rings (SSSR count). The fourth-order valence-electron chi connectivity index (χ4n) is 0.0500. The first-order valence-electron chi connectivity index (χ1n) is 2.54. The summed E-state index contributed by atoms with van der Waals surface area (Å²) in [5, 5.41) is 28.9. The molecule has 0 bridgehead atoms. The minimum atomic E-state index is -0.306. The van der Waals surface area contributed by atoms with E-state index in [0.717, 1.165) is 0 Å². The third kappa shape index (κ3) is 7.84. The first-order chi connectivity index (χ1) is 4.12. The van der Waals surface area contributed by atoms with E-state index in [9.17, 15) is 0 Å². The van der Waals surface area contributed by atoms with Crippen molar-refractivity contribution in [3.8, 4) is 0 Å². The topological polar surface area (TPSA) is 80.9 Å². The van der Waals surface area contributed by atoms with Crippen LogP contribution in [0.5, 0.6) is 0 Å². The van der Waals surface area contributed by atoms with Crippen LogP contribution in [0.15, 0.2) is 0 Å². The predicted octanol–water partition coefficient (Wildman–Crippen LogP) is 0.0146. The van der Waals surface area contributed by atoms with Crippen molar-refractivity contribution in [2.24, 2.45) is 5.41 Å². The number of hydrogen-bond donors (Lipinski definition) is 4. The number of aliphatic hydroxyl groups is 2. The minimum absolute atomic E-state index is 0.0451. The van der Waals surface area contributed by atoms with E-state index in [-0.39, 0.29) is 18.6 Å². The second-order valence-corrected chi connectivity index (χ2v) is 2.48. The van der Waals surface area contributed by atoms with Crippen LogP contribution < -0.4 is 0 Å². The highest BCUT2D eigenvalue weighted by molar-refractivity contribution is 4.62. The monoisotopic (exact) mass is 138 g/mol. The molecule has 0 aromatic rings. The average molecular weight is 138 g/mol. The molecule has 0 saturated carbocycles. The van der Waals surface area contributed by atoms with E-state index in [2.05, 4.69) is 0 Å². The van der Waals surface area contributed by atoms with Crippen molar-refractivity contribution < 1.29 is 20.7 Å². The molecule has 4 N–H and O–H groups in total. The van der Waals surface area contributed by atoms with Crippen LogP contribution in [0, 0.1) is 5.41 Å². The summed E-state index contributed by atoms with van der Waals surface area (Å²) in [6, 6.07) is 0. The first kappa shape index (κ1) is 11.6. The molecule has 0 heterocycles. The lowest BCUT2D eigenvalue weighted by Gasteiger charge is -2.16. The Morgan fingerprint density at radius 2 is 1.22 bits per heavy atom. The minimum Gasteiger partial charge on any atom is -0.396 e. The summed E-state index contributed by atoms with van der Waals surface area (Å²) in [7, 11) is 0. The molecule has 0 fully saturated rings. The maximum absolute atomic E-state index is 8.43. The van der Waals surface area contributed by atoms with Gasteiger partial charge in [-0.25, -0.2) is 0 Å². The van der Waals surface area contributed by atoms with E-state index in [1.54, 1.807) is 13.8 Å². The molecule has 0 unspecified atom stereocenters. The van der Waals surface area contributed by atoms with Crippen LogP contribution >= 0.6 is 0 Å². The molecule has 0 spiro atoms. The molecule has 0 aromatic heterocycles. The Morgan fingerprint density at radius 3 is 1.22 bits per heavy atom. The summed E-state index contributed by atoms with van der Waals surface area (Å²) < 4.78 is 0. The average Bonchev–Trinajstić information content (AvgIpc) is 1.93. The van der Waals surface area contributed by atoms with Crippen LogP contribution in [0.1, 0.15) is 13.8 Å². The third-order valence-electron chi connectivity index (χ3n) is 0.856. The summed E-state index contributed by atoms with van der Waals surface area (Å²) in [6.07, 6.45) is 0. The molecule has 4 heteroatoms. The zero-order chi connectivity index (χ0) is 7.91. The summed E-state index contributed by atoms with van der Waals surface area (Å²) in [5.74, 6) is 0. The van der Waals surface area contributed by atoms with E-state index < -0.39 is 0 Å². The van der Waals surface area contributed by atoms with Gasteiger partial charge in [0.25, 0.3) is 0 Å². The van der Waals surface area contributed by atoms with Crippen molar-refractivity contribution in [2.45, 2.75) is 13.8 Å². The van der Waals surface area contributed by atoms with Gasteiger partial charge >= 0.3 is 0 Å². The second kappa shape index (κ2) is 5.97. The predicted molar refractivity (Wildman–Crippen MR) is 33.2 cm³/mol. The van der Waals surface area contributed by atoms with Gasteiger partial charge in [0, 0.05) is 5.41 Å². The Balaban J connectivity index is 0. The van der Waals surface area contributed by atoms with Crippen molar-refractivity contribution in [3.63, 3.8) is 0 Å². The maximum Gasteiger partial charge on any atom is 0.0504 e. The third-order valence-corrected chi connectivity index (χ3v) is 0.856.